The van der Waals surface area contributed by atoms with Gasteiger partial charge in [-0.15, -0.1) is 0 Å². The standard InChI is InChI=1S/C15H22OSi/c1-4-5-14-17(2,3)16-13-9-12-15-10-7-6-8-11-15/h6-8,10-11H,4-5,12,14H2,1-3H3. The van der Waals surface area contributed by atoms with Crippen LogP contribution in [-0.2, 0) is 10.8 Å². The number of unbranched alkanes of at least 4 members (excludes halogenated alkanes) is 1. The lowest BCUT2D eigenvalue weighted by Gasteiger charge is -2.18. The SMILES string of the molecule is CCCC[Si](C)(C)OC#CCc1ccccc1. The van der Waals surface area contributed by atoms with Gasteiger partial charge in [0.15, 0.2) is 0 Å². The summed E-state index contributed by atoms with van der Waals surface area (Å²) in [6.07, 6.45) is 6.15. The minimum atomic E-state index is -1.54. The lowest BCUT2D eigenvalue weighted by atomic mass is 10.2. The van der Waals surface area contributed by atoms with Crippen molar-refractivity contribution in [1.29, 1.82) is 0 Å². The maximum Gasteiger partial charge on any atom is 0.258 e. The fourth-order valence-electron chi connectivity index (χ4n) is 1.56. The summed E-state index contributed by atoms with van der Waals surface area (Å²) in [6, 6.07) is 11.5. The molecule has 1 aromatic rings. The Bertz CT molecular complexity index is 373. The number of hydrogen-bond donors (Lipinski definition) is 0. The molecule has 0 aliphatic carbocycles. The quantitative estimate of drug-likeness (QED) is 0.558. The summed E-state index contributed by atoms with van der Waals surface area (Å²) < 4.78 is 5.73. The first-order valence-corrected chi connectivity index (χ1v) is 9.45. The Balaban J connectivity index is 2.35. The van der Waals surface area contributed by atoms with E-state index < -0.39 is 8.32 Å². The molecule has 1 nitrogen and oxygen atoms in total. The molecule has 1 rings (SSSR count). The first-order chi connectivity index (χ1) is 8.14. The molecule has 0 radical (unpaired) electrons. The fraction of sp³-hybridized carbons (Fsp3) is 0.467. The molecule has 1 aromatic carbocycles. The van der Waals surface area contributed by atoms with E-state index in [0.717, 1.165) is 6.42 Å². The maximum atomic E-state index is 5.73. The van der Waals surface area contributed by atoms with Crippen LogP contribution in [0.3, 0.4) is 0 Å². The van der Waals surface area contributed by atoms with Crippen molar-refractivity contribution in [3.8, 4) is 12.0 Å². The van der Waals surface area contributed by atoms with Gasteiger partial charge in [0.25, 0.3) is 8.32 Å². The molecule has 0 aliphatic heterocycles. The minimum Gasteiger partial charge on any atom is -0.501 e. The highest BCUT2D eigenvalue weighted by molar-refractivity contribution is 6.71. The Morgan fingerprint density at radius 3 is 2.53 bits per heavy atom. The summed E-state index contributed by atoms with van der Waals surface area (Å²) in [5.74, 6) is 3.10. The zero-order valence-corrected chi connectivity index (χ0v) is 12.1. The van der Waals surface area contributed by atoms with Crippen LogP contribution < -0.4 is 0 Å². The van der Waals surface area contributed by atoms with E-state index in [1.807, 2.05) is 18.2 Å². The molecule has 0 aromatic heterocycles. The third-order valence-electron chi connectivity index (χ3n) is 2.67. The third-order valence-corrected chi connectivity index (χ3v) is 4.88. The molecular weight excluding hydrogens is 224 g/mol. The number of rotatable bonds is 5. The molecule has 2 heteroatoms. The van der Waals surface area contributed by atoms with Crippen LogP contribution in [-0.4, -0.2) is 8.32 Å². The summed E-state index contributed by atoms with van der Waals surface area (Å²) in [5, 5.41) is 0. The molecule has 0 spiro atoms. The van der Waals surface area contributed by atoms with Crippen molar-refractivity contribution in [3.63, 3.8) is 0 Å². The lowest BCUT2D eigenvalue weighted by Crippen LogP contribution is -2.27. The van der Waals surface area contributed by atoms with E-state index in [0.29, 0.717) is 0 Å². The highest BCUT2D eigenvalue weighted by Crippen LogP contribution is 2.14. The zero-order valence-electron chi connectivity index (χ0n) is 11.1. The average molecular weight is 246 g/mol. The van der Waals surface area contributed by atoms with E-state index in [2.05, 4.69) is 44.2 Å². The molecule has 0 saturated heterocycles. The van der Waals surface area contributed by atoms with Crippen molar-refractivity contribution < 1.29 is 4.43 Å². The fourth-order valence-corrected chi connectivity index (χ4v) is 3.22. The molecule has 0 amide bonds. The highest BCUT2D eigenvalue weighted by Gasteiger charge is 2.22. The molecule has 0 fully saturated rings. The summed E-state index contributed by atoms with van der Waals surface area (Å²) in [5.41, 5.74) is 1.25. The molecule has 0 bridgehead atoms. The van der Waals surface area contributed by atoms with E-state index in [1.165, 1.54) is 24.4 Å². The first kappa shape index (κ1) is 13.9. The molecule has 0 heterocycles. The summed E-state index contributed by atoms with van der Waals surface area (Å²) in [6.45, 7) is 6.69. The van der Waals surface area contributed by atoms with Crippen LogP contribution in [0, 0.1) is 12.0 Å². The van der Waals surface area contributed by atoms with Gasteiger partial charge in [-0.2, -0.15) is 0 Å². The molecular formula is C15H22OSi. The maximum absolute atomic E-state index is 5.73. The van der Waals surface area contributed by atoms with Crippen LogP contribution in [0.15, 0.2) is 30.3 Å². The van der Waals surface area contributed by atoms with Crippen molar-refractivity contribution >= 4 is 8.32 Å². The van der Waals surface area contributed by atoms with Crippen LogP contribution in [0.25, 0.3) is 0 Å². The largest absolute Gasteiger partial charge is 0.501 e. The van der Waals surface area contributed by atoms with Gasteiger partial charge in [-0.1, -0.05) is 56.0 Å². The van der Waals surface area contributed by atoms with Gasteiger partial charge in [-0.3, -0.25) is 0 Å². The highest BCUT2D eigenvalue weighted by atomic mass is 28.4. The van der Waals surface area contributed by atoms with Crippen molar-refractivity contribution in [3.05, 3.63) is 35.9 Å². The van der Waals surface area contributed by atoms with Gasteiger partial charge in [-0.05, 0) is 24.7 Å². The second-order valence-electron chi connectivity index (χ2n) is 4.91. The summed E-state index contributed by atoms with van der Waals surface area (Å²) in [4.78, 5) is 0. The lowest BCUT2D eigenvalue weighted by molar-refractivity contribution is 0.505. The molecule has 17 heavy (non-hydrogen) atoms. The van der Waals surface area contributed by atoms with Crippen molar-refractivity contribution in [2.75, 3.05) is 0 Å². The number of benzene rings is 1. The molecule has 0 unspecified atom stereocenters. The van der Waals surface area contributed by atoms with Crippen LogP contribution in [0.2, 0.25) is 19.1 Å². The van der Waals surface area contributed by atoms with E-state index in [1.54, 1.807) is 0 Å². The van der Waals surface area contributed by atoms with Crippen molar-refractivity contribution in [2.24, 2.45) is 0 Å². The monoisotopic (exact) mass is 246 g/mol. The minimum absolute atomic E-state index is 0.777. The van der Waals surface area contributed by atoms with Crippen molar-refractivity contribution in [1.82, 2.24) is 0 Å². The molecule has 92 valence electrons. The van der Waals surface area contributed by atoms with Gasteiger partial charge in [-0.25, -0.2) is 0 Å². The molecule has 0 N–H and O–H groups in total. The van der Waals surface area contributed by atoms with Crippen molar-refractivity contribution in [2.45, 2.75) is 45.3 Å². The van der Waals surface area contributed by atoms with Gasteiger partial charge >= 0.3 is 0 Å². The smallest absolute Gasteiger partial charge is 0.258 e. The van der Waals surface area contributed by atoms with Crippen LogP contribution in [0.1, 0.15) is 25.3 Å². The second-order valence-corrected chi connectivity index (χ2v) is 9.13. The van der Waals surface area contributed by atoms with Gasteiger partial charge in [0.1, 0.15) is 0 Å². The Kier molecular flexibility index (Phi) is 5.86. The van der Waals surface area contributed by atoms with Crippen LogP contribution >= 0.6 is 0 Å². The third kappa shape index (κ3) is 6.18. The second kappa shape index (κ2) is 7.19. The van der Waals surface area contributed by atoms with E-state index in [9.17, 15) is 0 Å². The first-order valence-electron chi connectivity index (χ1n) is 6.34. The van der Waals surface area contributed by atoms with Crippen LogP contribution in [0.5, 0.6) is 0 Å². The van der Waals surface area contributed by atoms with Gasteiger partial charge < -0.3 is 4.43 Å². The zero-order chi connectivity index (χ0) is 12.6. The Hall–Kier alpha value is -1.20. The summed E-state index contributed by atoms with van der Waals surface area (Å²) in [7, 11) is -1.54. The van der Waals surface area contributed by atoms with Gasteiger partial charge in [0, 0.05) is 6.42 Å². The van der Waals surface area contributed by atoms with E-state index in [4.69, 9.17) is 4.43 Å². The van der Waals surface area contributed by atoms with Crippen LogP contribution in [0.4, 0.5) is 0 Å². The summed E-state index contributed by atoms with van der Waals surface area (Å²) >= 11 is 0. The Morgan fingerprint density at radius 2 is 1.88 bits per heavy atom. The van der Waals surface area contributed by atoms with Gasteiger partial charge in [0.2, 0.25) is 0 Å². The molecule has 0 aliphatic rings. The average Bonchev–Trinajstić information content (AvgIpc) is 2.34. The van der Waals surface area contributed by atoms with Gasteiger partial charge in [0.05, 0.1) is 6.11 Å². The predicted octanol–water partition coefficient (Wildman–Crippen LogP) is 4.21. The predicted molar refractivity (Wildman–Crippen MR) is 76.2 cm³/mol. The Morgan fingerprint density at radius 1 is 1.18 bits per heavy atom. The van der Waals surface area contributed by atoms with E-state index in [-0.39, 0.29) is 0 Å². The normalized spacial score (nSPS) is 10.5. The molecule has 0 saturated carbocycles. The Labute approximate surface area is 106 Å². The number of hydrogen-bond acceptors (Lipinski definition) is 1. The molecule has 0 atom stereocenters. The topological polar surface area (TPSA) is 9.23 Å². The van der Waals surface area contributed by atoms with E-state index >= 15 is 0 Å².